The predicted octanol–water partition coefficient (Wildman–Crippen LogP) is 18.8. The third kappa shape index (κ3) is 11.1. The van der Waals surface area contributed by atoms with Crippen molar-refractivity contribution in [1.82, 2.24) is 24.9 Å². The molecule has 390 valence electrons. The fourth-order valence-corrected chi connectivity index (χ4v) is 10.6. The Morgan fingerprint density at radius 1 is 0.305 bits per heavy atom. The summed E-state index contributed by atoms with van der Waals surface area (Å²) in [6.07, 6.45) is 7.80. The molecule has 0 bridgehead atoms. The summed E-state index contributed by atoms with van der Waals surface area (Å²) in [5.41, 5.74) is 23.1. The predicted molar refractivity (Wildman–Crippen MR) is 330 cm³/mol. The van der Waals surface area contributed by atoms with Gasteiger partial charge in [0.05, 0.1) is 11.5 Å². The number of rotatable bonds is 13. The van der Waals surface area contributed by atoms with E-state index in [1.807, 2.05) is 97.6 Å². The quantitative estimate of drug-likeness (QED) is 0.107. The fraction of sp³-hybridized carbons (Fsp3) is 0.0267. The Bertz CT molecular complexity index is 4200. The van der Waals surface area contributed by atoms with Crippen molar-refractivity contribution in [3.8, 4) is 112 Å². The molecule has 0 fully saturated rings. The van der Waals surface area contributed by atoms with Crippen molar-refractivity contribution in [2.75, 3.05) is 4.90 Å². The van der Waals surface area contributed by atoms with Gasteiger partial charge in [-0.05, 0) is 121 Å². The number of nitrogens with zero attached hydrogens (tertiary/aromatic N) is 6. The van der Waals surface area contributed by atoms with E-state index in [4.69, 9.17) is 24.9 Å². The van der Waals surface area contributed by atoms with Gasteiger partial charge in [0.1, 0.15) is 5.82 Å². The smallest absolute Gasteiger partial charge is 0.313 e. The summed E-state index contributed by atoms with van der Waals surface area (Å²) in [6.45, 7) is 4.18. The maximum Gasteiger partial charge on any atom is 3.00 e. The van der Waals surface area contributed by atoms with E-state index in [-0.39, 0.29) is 20.1 Å². The van der Waals surface area contributed by atoms with Gasteiger partial charge in [-0.1, -0.05) is 166 Å². The van der Waals surface area contributed by atoms with Crippen LogP contribution >= 0.6 is 0 Å². The van der Waals surface area contributed by atoms with Crippen molar-refractivity contribution in [3.63, 3.8) is 0 Å². The van der Waals surface area contributed by atoms with Crippen LogP contribution in [0, 0.1) is 32.0 Å². The minimum atomic E-state index is 0. The van der Waals surface area contributed by atoms with E-state index in [1.54, 1.807) is 0 Å². The Morgan fingerprint density at radius 3 is 1.23 bits per heavy atom. The van der Waals surface area contributed by atoms with Crippen LogP contribution in [0.15, 0.2) is 274 Å². The van der Waals surface area contributed by atoms with Gasteiger partial charge in [0.15, 0.2) is 0 Å². The Labute approximate surface area is 492 Å². The standard InChI is InChI=1S/C75H51N6.Ir/c1-51-19-15-23-54(41-51)71-39-37-57(47-76-71)65-29-9-11-31-67(65)59-43-60(68-32-12-10-30-66(68)58-38-40-72(77-48-58)55-24-16-20-52(2)42-55)45-61(44-59)69-33-13-14-34-70(69)62-49-78-75(79-50-62)56-25-17-28-64(46-56)81(63-26-7-4-8-27-63)74-36-18-35-73(80-74)53-21-5-3-6-22-53;/h3-22,26-50H,1-2H3;/q-3;+3. The first-order valence-corrected chi connectivity index (χ1v) is 27.0. The number of aromatic nitrogens is 5. The molecule has 13 aromatic rings. The number of anilines is 3. The molecule has 0 saturated carbocycles. The molecular formula is C75H51IrN6. The monoisotopic (exact) mass is 1230 g/mol. The maximum absolute atomic E-state index is 5.16. The van der Waals surface area contributed by atoms with Gasteiger partial charge in [0.25, 0.3) is 0 Å². The molecule has 6 nitrogen and oxygen atoms in total. The van der Waals surface area contributed by atoms with Gasteiger partial charge in [-0.25, -0.2) is 4.98 Å². The molecule has 0 unspecified atom stereocenters. The molecule has 0 amide bonds. The molecule has 4 aromatic heterocycles. The molecule has 0 aliphatic rings. The molecule has 0 spiro atoms. The van der Waals surface area contributed by atoms with Gasteiger partial charge in [0.2, 0.25) is 0 Å². The summed E-state index contributed by atoms with van der Waals surface area (Å²) < 4.78 is 0. The molecule has 13 rings (SSSR count). The summed E-state index contributed by atoms with van der Waals surface area (Å²) in [6, 6.07) is 96.3. The first-order chi connectivity index (χ1) is 40.0. The van der Waals surface area contributed by atoms with Crippen LogP contribution in [-0.2, 0) is 20.1 Å². The van der Waals surface area contributed by atoms with Crippen molar-refractivity contribution >= 4 is 17.2 Å². The molecule has 82 heavy (non-hydrogen) atoms. The van der Waals surface area contributed by atoms with E-state index in [0.717, 1.165) is 123 Å². The van der Waals surface area contributed by atoms with Crippen LogP contribution in [0.5, 0.6) is 0 Å². The zero-order chi connectivity index (χ0) is 54.5. The largest absolute Gasteiger partial charge is 3.00 e. The Hall–Kier alpha value is -10.0. The molecule has 9 aromatic carbocycles. The minimum absolute atomic E-state index is 0. The summed E-state index contributed by atoms with van der Waals surface area (Å²) in [7, 11) is 0. The molecule has 0 saturated heterocycles. The third-order valence-corrected chi connectivity index (χ3v) is 14.6. The second kappa shape index (κ2) is 23.7. The van der Waals surface area contributed by atoms with Crippen LogP contribution in [-0.4, -0.2) is 24.9 Å². The van der Waals surface area contributed by atoms with E-state index < -0.39 is 0 Å². The number of para-hydroxylation sites is 1. The van der Waals surface area contributed by atoms with Crippen molar-refractivity contribution in [2.24, 2.45) is 0 Å². The number of hydrogen-bond donors (Lipinski definition) is 0. The van der Waals surface area contributed by atoms with Gasteiger partial charge in [0, 0.05) is 41.6 Å². The Morgan fingerprint density at radius 2 is 0.744 bits per heavy atom. The second-order valence-electron chi connectivity index (χ2n) is 20.0. The van der Waals surface area contributed by atoms with Gasteiger partial charge in [-0.3, -0.25) is 9.97 Å². The molecular weight excluding hydrogens is 1180 g/mol. The number of pyridine rings is 3. The van der Waals surface area contributed by atoms with Crippen LogP contribution in [0.25, 0.3) is 112 Å². The minimum Gasteiger partial charge on any atom is -0.313 e. The molecule has 7 heteroatoms. The third-order valence-electron chi connectivity index (χ3n) is 14.6. The van der Waals surface area contributed by atoms with Crippen molar-refractivity contribution in [2.45, 2.75) is 13.8 Å². The topological polar surface area (TPSA) is 67.7 Å². The summed E-state index contributed by atoms with van der Waals surface area (Å²) in [4.78, 5) is 27.4. The van der Waals surface area contributed by atoms with Crippen LogP contribution < -0.4 is 4.90 Å². The van der Waals surface area contributed by atoms with Crippen LogP contribution in [0.1, 0.15) is 11.1 Å². The summed E-state index contributed by atoms with van der Waals surface area (Å²) >= 11 is 0. The Kier molecular flexibility index (Phi) is 15.2. The van der Waals surface area contributed by atoms with Crippen LogP contribution in [0.2, 0.25) is 0 Å². The van der Waals surface area contributed by atoms with Crippen molar-refractivity contribution < 1.29 is 20.1 Å². The van der Waals surface area contributed by atoms with Crippen molar-refractivity contribution in [1.29, 1.82) is 0 Å². The first kappa shape index (κ1) is 52.6. The average molecular weight is 1230 g/mol. The summed E-state index contributed by atoms with van der Waals surface area (Å²) in [5.74, 6) is 1.35. The van der Waals surface area contributed by atoms with Gasteiger partial charge in [-0.15, -0.1) is 101 Å². The normalized spacial score (nSPS) is 11.0. The van der Waals surface area contributed by atoms with E-state index in [2.05, 4.69) is 213 Å². The molecule has 4 heterocycles. The molecule has 0 radical (unpaired) electrons. The van der Waals surface area contributed by atoms with E-state index in [1.165, 1.54) is 11.1 Å². The molecule has 0 aliphatic carbocycles. The zero-order valence-corrected chi connectivity index (χ0v) is 47.4. The molecule has 0 atom stereocenters. The van der Waals surface area contributed by atoms with Gasteiger partial charge >= 0.3 is 20.1 Å². The van der Waals surface area contributed by atoms with Gasteiger partial charge in [-0.2, -0.15) is 0 Å². The SMILES string of the molecule is Cc1cc[c-]c(-c2ccc(-c3ccccc3-c3cc(-c4ccccc4-c4ccc(-c5[c-]ccc(C)c5)nc4)cc(-c4ccccc4-c4cnc(-c5[c-]ccc(N(c6ccccc6)c6cccc(-c7ccccc7)n6)c5)nc4)c3)cn2)c1.[Ir+3]. The molecule has 0 N–H and O–H groups in total. The van der Waals surface area contributed by atoms with Crippen LogP contribution in [0.3, 0.4) is 0 Å². The van der Waals surface area contributed by atoms with Crippen molar-refractivity contribution in [3.05, 3.63) is 303 Å². The van der Waals surface area contributed by atoms with E-state index in [9.17, 15) is 0 Å². The fourth-order valence-electron chi connectivity index (χ4n) is 10.6. The first-order valence-electron chi connectivity index (χ1n) is 27.0. The average Bonchev–Trinajstić information content (AvgIpc) is 3.54. The zero-order valence-electron chi connectivity index (χ0n) is 45.0. The van der Waals surface area contributed by atoms with Crippen LogP contribution in [0.4, 0.5) is 17.2 Å². The number of aryl methyl sites for hydroxylation is 2. The Balaban J connectivity index is 0.00000665. The molecule has 0 aliphatic heterocycles. The summed E-state index contributed by atoms with van der Waals surface area (Å²) in [5, 5.41) is 0. The van der Waals surface area contributed by atoms with E-state index >= 15 is 0 Å². The number of benzene rings is 9. The van der Waals surface area contributed by atoms with Gasteiger partial charge < -0.3 is 14.9 Å². The van der Waals surface area contributed by atoms with E-state index in [0.29, 0.717) is 5.82 Å². The second-order valence-corrected chi connectivity index (χ2v) is 20.0. The number of hydrogen-bond acceptors (Lipinski definition) is 6. The maximum atomic E-state index is 5.16.